The van der Waals surface area contributed by atoms with Crippen molar-refractivity contribution in [2.45, 2.75) is 4.34 Å². The number of carbonyl (C=O) groups excluding carboxylic acids is 2. The number of hydrogen-bond donors (Lipinski definition) is 1. The van der Waals surface area contributed by atoms with Gasteiger partial charge < -0.3 is 24.3 Å². The zero-order chi connectivity index (χ0) is 19.1. The molecule has 0 radical (unpaired) electrons. The molecule has 1 N–H and O–H groups in total. The molecule has 9 nitrogen and oxygen atoms in total. The van der Waals surface area contributed by atoms with Crippen molar-refractivity contribution in [3.63, 3.8) is 0 Å². The predicted octanol–water partition coefficient (Wildman–Crippen LogP) is 0.948. The van der Waals surface area contributed by atoms with Crippen LogP contribution in [0.2, 0.25) is 0 Å². The molecule has 1 saturated heterocycles. The minimum Gasteiger partial charge on any atom is -0.459 e. The van der Waals surface area contributed by atoms with E-state index in [1.54, 1.807) is 24.1 Å². The Bertz CT molecular complexity index is 744. The topological polar surface area (TPSA) is 101 Å². The van der Waals surface area contributed by atoms with Crippen LogP contribution in [-0.4, -0.2) is 79.1 Å². The maximum Gasteiger partial charge on any atom is 0.289 e. The molecule has 0 unspecified atom stereocenters. The smallest absolute Gasteiger partial charge is 0.289 e. The van der Waals surface area contributed by atoms with Crippen molar-refractivity contribution in [1.82, 2.24) is 20.4 Å². The zero-order valence-electron chi connectivity index (χ0n) is 14.9. The lowest BCUT2D eigenvalue weighted by molar-refractivity contribution is -0.118. The second-order valence-corrected chi connectivity index (χ2v) is 7.92. The van der Waals surface area contributed by atoms with Gasteiger partial charge in [0.2, 0.25) is 11.0 Å². The van der Waals surface area contributed by atoms with Crippen LogP contribution in [0.5, 0.6) is 0 Å². The van der Waals surface area contributed by atoms with Gasteiger partial charge in [0.1, 0.15) is 0 Å². The van der Waals surface area contributed by atoms with Crippen LogP contribution >= 0.6 is 23.1 Å². The van der Waals surface area contributed by atoms with E-state index in [1.807, 2.05) is 0 Å². The summed E-state index contributed by atoms with van der Waals surface area (Å²) in [6, 6.07) is 3.39. The van der Waals surface area contributed by atoms with Crippen molar-refractivity contribution < 1.29 is 18.7 Å². The SMILES string of the molecule is COCCNC(=O)CSc1nnc(N2CCN(C(=O)c3ccco3)CC2)s1. The summed E-state index contributed by atoms with van der Waals surface area (Å²) in [4.78, 5) is 27.9. The third kappa shape index (κ3) is 5.44. The molecule has 2 aromatic heterocycles. The van der Waals surface area contributed by atoms with E-state index >= 15 is 0 Å². The first-order chi connectivity index (χ1) is 13.2. The molecular formula is C16H21N5O4S2. The first-order valence-corrected chi connectivity index (χ1v) is 10.3. The summed E-state index contributed by atoms with van der Waals surface area (Å²) in [5.41, 5.74) is 0. The Morgan fingerprint density at radius 2 is 2.15 bits per heavy atom. The van der Waals surface area contributed by atoms with Crippen LogP contribution < -0.4 is 10.2 Å². The largest absolute Gasteiger partial charge is 0.459 e. The minimum atomic E-state index is -0.0901. The Labute approximate surface area is 165 Å². The maximum absolute atomic E-state index is 12.3. The molecule has 1 aliphatic heterocycles. The van der Waals surface area contributed by atoms with Crippen LogP contribution in [0.4, 0.5) is 5.13 Å². The fourth-order valence-corrected chi connectivity index (χ4v) is 4.24. The highest BCUT2D eigenvalue weighted by Gasteiger charge is 2.25. The fourth-order valence-electron chi connectivity index (χ4n) is 2.52. The Morgan fingerprint density at radius 1 is 1.33 bits per heavy atom. The van der Waals surface area contributed by atoms with Gasteiger partial charge in [0, 0.05) is 39.8 Å². The lowest BCUT2D eigenvalue weighted by Crippen LogP contribution is -2.48. The molecule has 27 heavy (non-hydrogen) atoms. The molecule has 2 aromatic rings. The number of ether oxygens (including phenoxy) is 1. The number of rotatable bonds is 8. The predicted molar refractivity (Wildman–Crippen MR) is 102 cm³/mol. The highest BCUT2D eigenvalue weighted by atomic mass is 32.2. The van der Waals surface area contributed by atoms with Gasteiger partial charge >= 0.3 is 0 Å². The summed E-state index contributed by atoms with van der Waals surface area (Å²) in [7, 11) is 1.59. The van der Waals surface area contributed by atoms with E-state index in [1.165, 1.54) is 29.4 Å². The Kier molecular flexibility index (Phi) is 7.07. The van der Waals surface area contributed by atoms with E-state index in [0.717, 1.165) is 9.47 Å². The molecule has 1 aliphatic rings. The molecule has 0 saturated carbocycles. The number of hydrogen-bond acceptors (Lipinski definition) is 9. The quantitative estimate of drug-likeness (QED) is 0.506. The number of methoxy groups -OCH3 is 1. The number of nitrogens with one attached hydrogen (secondary N) is 1. The highest BCUT2D eigenvalue weighted by Crippen LogP contribution is 2.28. The Balaban J connectivity index is 1.44. The van der Waals surface area contributed by atoms with Gasteiger partial charge in [0.25, 0.3) is 5.91 Å². The van der Waals surface area contributed by atoms with Gasteiger partial charge in [-0.2, -0.15) is 0 Å². The van der Waals surface area contributed by atoms with Crippen molar-refractivity contribution in [3.05, 3.63) is 24.2 Å². The number of piperazine rings is 1. The van der Waals surface area contributed by atoms with Crippen LogP contribution in [0, 0.1) is 0 Å². The highest BCUT2D eigenvalue weighted by molar-refractivity contribution is 8.01. The number of anilines is 1. The van der Waals surface area contributed by atoms with Gasteiger partial charge in [-0.1, -0.05) is 23.1 Å². The van der Waals surface area contributed by atoms with E-state index in [9.17, 15) is 9.59 Å². The number of amides is 2. The van der Waals surface area contributed by atoms with Crippen molar-refractivity contribution >= 4 is 40.0 Å². The summed E-state index contributed by atoms with van der Waals surface area (Å²) in [5.74, 6) is 0.511. The van der Waals surface area contributed by atoms with Crippen LogP contribution in [-0.2, 0) is 9.53 Å². The van der Waals surface area contributed by atoms with Crippen molar-refractivity contribution in [2.24, 2.45) is 0 Å². The zero-order valence-corrected chi connectivity index (χ0v) is 16.6. The van der Waals surface area contributed by atoms with Gasteiger partial charge in [-0.05, 0) is 12.1 Å². The first-order valence-electron chi connectivity index (χ1n) is 8.47. The molecule has 0 aromatic carbocycles. The number of carbonyl (C=O) groups is 2. The van der Waals surface area contributed by atoms with Crippen molar-refractivity contribution in [1.29, 1.82) is 0 Å². The molecule has 3 heterocycles. The normalized spacial score (nSPS) is 14.4. The van der Waals surface area contributed by atoms with E-state index in [4.69, 9.17) is 9.15 Å². The second kappa shape index (κ2) is 9.72. The molecule has 1 fully saturated rings. The van der Waals surface area contributed by atoms with E-state index in [2.05, 4.69) is 20.4 Å². The molecule has 146 valence electrons. The van der Waals surface area contributed by atoms with E-state index in [-0.39, 0.29) is 11.8 Å². The van der Waals surface area contributed by atoms with E-state index in [0.29, 0.717) is 50.8 Å². The molecule has 0 atom stereocenters. The fraction of sp³-hybridized carbons (Fsp3) is 0.500. The van der Waals surface area contributed by atoms with E-state index < -0.39 is 0 Å². The Morgan fingerprint density at radius 3 is 2.85 bits per heavy atom. The van der Waals surface area contributed by atoms with Crippen LogP contribution in [0.15, 0.2) is 27.2 Å². The summed E-state index contributed by atoms with van der Waals surface area (Å²) in [6.45, 7) is 3.56. The minimum absolute atomic E-state index is 0.0566. The second-order valence-electron chi connectivity index (χ2n) is 5.74. The lowest BCUT2D eigenvalue weighted by atomic mass is 10.3. The molecule has 0 spiro atoms. The molecule has 3 rings (SSSR count). The van der Waals surface area contributed by atoms with Gasteiger partial charge in [-0.15, -0.1) is 10.2 Å². The Hall–Kier alpha value is -2.11. The van der Waals surface area contributed by atoms with Crippen LogP contribution in [0.25, 0.3) is 0 Å². The lowest BCUT2D eigenvalue weighted by Gasteiger charge is -2.33. The number of aromatic nitrogens is 2. The average Bonchev–Trinajstić information content (AvgIpc) is 3.38. The number of furan rings is 1. The maximum atomic E-state index is 12.3. The standard InChI is InChI=1S/C16H21N5O4S2/c1-24-10-4-17-13(22)11-26-16-19-18-15(27-16)21-7-5-20(6-8-21)14(23)12-3-2-9-25-12/h2-3,9H,4-8,10-11H2,1H3,(H,17,22). The molecule has 0 aliphatic carbocycles. The number of thioether (sulfide) groups is 1. The van der Waals surface area contributed by atoms with Gasteiger partial charge in [0.15, 0.2) is 10.1 Å². The third-order valence-corrected chi connectivity index (χ3v) is 6.04. The summed E-state index contributed by atoms with van der Waals surface area (Å²) in [6.07, 6.45) is 1.50. The summed E-state index contributed by atoms with van der Waals surface area (Å²) >= 11 is 2.82. The molecular weight excluding hydrogens is 390 g/mol. The third-order valence-electron chi connectivity index (χ3n) is 3.92. The van der Waals surface area contributed by atoms with Gasteiger partial charge in [-0.3, -0.25) is 9.59 Å². The monoisotopic (exact) mass is 411 g/mol. The first kappa shape index (κ1) is 19.6. The van der Waals surface area contributed by atoms with Crippen LogP contribution in [0.3, 0.4) is 0 Å². The van der Waals surface area contributed by atoms with Gasteiger partial charge in [-0.25, -0.2) is 0 Å². The van der Waals surface area contributed by atoms with Crippen LogP contribution in [0.1, 0.15) is 10.6 Å². The summed E-state index contributed by atoms with van der Waals surface area (Å²) in [5, 5.41) is 11.9. The average molecular weight is 412 g/mol. The molecule has 11 heteroatoms. The molecule has 2 amide bonds. The summed E-state index contributed by atoms with van der Waals surface area (Å²) < 4.78 is 10.8. The van der Waals surface area contributed by atoms with Crippen molar-refractivity contribution in [2.75, 3.05) is 57.1 Å². The number of nitrogens with zero attached hydrogens (tertiary/aromatic N) is 4. The molecule has 0 bridgehead atoms. The van der Waals surface area contributed by atoms with Gasteiger partial charge in [0.05, 0.1) is 18.6 Å². The van der Waals surface area contributed by atoms with Crippen molar-refractivity contribution in [3.8, 4) is 0 Å².